The van der Waals surface area contributed by atoms with Gasteiger partial charge >= 0.3 is 18.0 Å². The van der Waals surface area contributed by atoms with Crippen molar-refractivity contribution >= 4 is 17.3 Å². The van der Waals surface area contributed by atoms with Crippen molar-refractivity contribution < 1.29 is 27.2 Å². The molecule has 0 aliphatic rings. The first-order valence-electron chi connectivity index (χ1n) is 6.47. The van der Waals surface area contributed by atoms with E-state index >= 15 is 0 Å². The number of nitrogens with zero attached hydrogens (tertiary/aromatic N) is 4. The van der Waals surface area contributed by atoms with E-state index < -0.39 is 18.0 Å². The monoisotopic (exact) mass is 358 g/mol. The minimum Gasteiger partial charge on any atom is -0.464 e. The van der Waals surface area contributed by atoms with Gasteiger partial charge in [-0.15, -0.1) is 11.3 Å². The standard InChI is InChI=1S/C13H9F3N4O3S/c1-22-11(21)8-4-17-6-20(8)5-7-2-3-9(24-7)10-18-12(23-19-10)13(14,15)16/h2-4,6H,5H2,1H3. The molecule has 126 valence electrons. The van der Waals surface area contributed by atoms with Crippen molar-refractivity contribution in [2.24, 2.45) is 0 Å². The van der Waals surface area contributed by atoms with Gasteiger partial charge in [0.15, 0.2) is 0 Å². The Morgan fingerprint density at radius 1 is 1.42 bits per heavy atom. The topological polar surface area (TPSA) is 83.0 Å². The number of halogens is 3. The van der Waals surface area contributed by atoms with Crippen molar-refractivity contribution in [1.82, 2.24) is 19.7 Å². The number of imidazole rings is 1. The van der Waals surface area contributed by atoms with Gasteiger partial charge in [-0.2, -0.15) is 18.2 Å². The molecule has 0 saturated heterocycles. The lowest BCUT2D eigenvalue weighted by molar-refractivity contribution is -0.159. The van der Waals surface area contributed by atoms with Crippen molar-refractivity contribution in [2.45, 2.75) is 12.7 Å². The molecule has 0 bridgehead atoms. The number of methoxy groups -OCH3 is 1. The number of esters is 1. The molecule has 3 heterocycles. The van der Waals surface area contributed by atoms with Crippen molar-refractivity contribution in [3.8, 4) is 10.7 Å². The molecule has 3 rings (SSSR count). The van der Waals surface area contributed by atoms with Gasteiger partial charge in [0, 0.05) is 4.88 Å². The average molecular weight is 358 g/mol. The van der Waals surface area contributed by atoms with Crippen LogP contribution in [0, 0.1) is 0 Å². The van der Waals surface area contributed by atoms with E-state index in [-0.39, 0.29) is 11.5 Å². The molecule has 0 radical (unpaired) electrons. The van der Waals surface area contributed by atoms with E-state index in [2.05, 4.69) is 24.4 Å². The van der Waals surface area contributed by atoms with Crippen LogP contribution < -0.4 is 0 Å². The first-order chi connectivity index (χ1) is 11.4. The first-order valence-corrected chi connectivity index (χ1v) is 7.28. The second-order valence-corrected chi connectivity index (χ2v) is 5.75. The van der Waals surface area contributed by atoms with E-state index in [1.165, 1.54) is 31.0 Å². The highest BCUT2D eigenvalue weighted by Gasteiger charge is 2.38. The van der Waals surface area contributed by atoms with Crippen LogP contribution in [0.15, 0.2) is 29.2 Å². The second kappa shape index (κ2) is 6.07. The van der Waals surface area contributed by atoms with Crippen LogP contribution in [0.2, 0.25) is 0 Å². The molecule has 0 aliphatic heterocycles. The van der Waals surface area contributed by atoms with Crippen molar-refractivity contribution in [2.75, 3.05) is 7.11 Å². The SMILES string of the molecule is COC(=O)c1cncn1Cc1ccc(-c2noc(C(F)(F)F)n2)s1. The Morgan fingerprint density at radius 2 is 2.21 bits per heavy atom. The van der Waals surface area contributed by atoms with E-state index in [0.29, 0.717) is 11.4 Å². The predicted molar refractivity (Wildman–Crippen MR) is 75.3 cm³/mol. The number of carbonyl (C=O) groups is 1. The Balaban J connectivity index is 1.80. The fourth-order valence-electron chi connectivity index (χ4n) is 1.91. The van der Waals surface area contributed by atoms with Crippen LogP contribution in [0.1, 0.15) is 21.3 Å². The van der Waals surface area contributed by atoms with E-state index in [0.717, 1.165) is 4.88 Å². The maximum atomic E-state index is 12.5. The van der Waals surface area contributed by atoms with Gasteiger partial charge in [0.25, 0.3) is 0 Å². The molecule has 0 atom stereocenters. The number of hydrogen-bond donors (Lipinski definition) is 0. The zero-order valence-corrected chi connectivity index (χ0v) is 12.9. The molecule has 24 heavy (non-hydrogen) atoms. The lowest BCUT2D eigenvalue weighted by Crippen LogP contribution is -2.10. The lowest BCUT2D eigenvalue weighted by Gasteiger charge is -2.04. The molecule has 0 unspecified atom stereocenters. The van der Waals surface area contributed by atoms with Crippen LogP contribution in [0.25, 0.3) is 10.7 Å². The number of thiophene rings is 1. The van der Waals surface area contributed by atoms with Crippen LogP contribution in [0.5, 0.6) is 0 Å². The molecule has 0 aromatic carbocycles. The maximum absolute atomic E-state index is 12.5. The number of ether oxygens (including phenoxy) is 1. The smallest absolute Gasteiger partial charge is 0.464 e. The highest BCUT2D eigenvalue weighted by Crippen LogP contribution is 2.31. The molecule has 0 fully saturated rings. The minimum atomic E-state index is -4.68. The summed E-state index contributed by atoms with van der Waals surface area (Å²) in [6.45, 7) is 0.305. The molecular weight excluding hydrogens is 349 g/mol. The van der Waals surface area contributed by atoms with Crippen molar-refractivity contribution in [1.29, 1.82) is 0 Å². The van der Waals surface area contributed by atoms with E-state index in [4.69, 9.17) is 0 Å². The highest BCUT2D eigenvalue weighted by molar-refractivity contribution is 7.15. The molecule has 0 spiro atoms. The quantitative estimate of drug-likeness (QED) is 0.667. The van der Waals surface area contributed by atoms with Crippen LogP contribution in [-0.4, -0.2) is 32.8 Å². The number of aromatic nitrogens is 4. The Bertz CT molecular complexity index is 868. The summed E-state index contributed by atoms with van der Waals surface area (Å²) in [5.74, 6) is -2.07. The third kappa shape index (κ3) is 3.15. The Labute approximate surface area is 136 Å². The normalized spacial score (nSPS) is 11.7. The van der Waals surface area contributed by atoms with Gasteiger partial charge in [-0.25, -0.2) is 9.78 Å². The van der Waals surface area contributed by atoms with Crippen LogP contribution in [0.3, 0.4) is 0 Å². The summed E-state index contributed by atoms with van der Waals surface area (Å²) in [4.78, 5) is 20.0. The largest absolute Gasteiger partial charge is 0.471 e. The average Bonchev–Trinajstić information content (AvgIpc) is 3.25. The molecule has 7 nitrogen and oxygen atoms in total. The van der Waals surface area contributed by atoms with Crippen LogP contribution >= 0.6 is 11.3 Å². The van der Waals surface area contributed by atoms with Gasteiger partial charge in [0.2, 0.25) is 5.82 Å². The Kier molecular flexibility index (Phi) is 4.09. The Hall–Kier alpha value is -2.69. The third-order valence-electron chi connectivity index (χ3n) is 2.98. The van der Waals surface area contributed by atoms with E-state index in [1.54, 1.807) is 16.7 Å². The summed E-state index contributed by atoms with van der Waals surface area (Å²) in [5.41, 5.74) is 0.270. The second-order valence-electron chi connectivity index (χ2n) is 4.59. The predicted octanol–water partition coefficient (Wildman–Crippen LogP) is 2.85. The molecular formula is C13H9F3N4O3S. The van der Waals surface area contributed by atoms with E-state index in [9.17, 15) is 18.0 Å². The highest BCUT2D eigenvalue weighted by atomic mass is 32.1. The molecule has 0 saturated carbocycles. The van der Waals surface area contributed by atoms with Crippen molar-refractivity contribution in [3.63, 3.8) is 0 Å². The molecule has 3 aromatic rings. The summed E-state index contributed by atoms with van der Waals surface area (Å²) in [5, 5.41) is 3.33. The fraction of sp³-hybridized carbons (Fsp3) is 0.231. The van der Waals surface area contributed by atoms with Crippen LogP contribution in [0.4, 0.5) is 13.2 Å². The van der Waals surface area contributed by atoms with Gasteiger partial charge in [0.1, 0.15) is 5.69 Å². The molecule has 11 heteroatoms. The summed E-state index contributed by atoms with van der Waals surface area (Å²) in [6, 6.07) is 3.28. The van der Waals surface area contributed by atoms with Gasteiger partial charge in [-0.1, -0.05) is 5.16 Å². The van der Waals surface area contributed by atoms with Gasteiger partial charge in [-0.05, 0) is 12.1 Å². The van der Waals surface area contributed by atoms with Gasteiger partial charge < -0.3 is 13.8 Å². The number of carbonyl (C=O) groups excluding carboxylic acids is 1. The molecule has 3 aromatic heterocycles. The molecule has 0 aliphatic carbocycles. The lowest BCUT2D eigenvalue weighted by atomic mass is 10.4. The first kappa shape index (κ1) is 16.2. The number of alkyl halides is 3. The van der Waals surface area contributed by atoms with Gasteiger partial charge in [0.05, 0.1) is 31.1 Å². The summed E-state index contributed by atoms with van der Waals surface area (Å²) in [6.07, 6.45) is -1.85. The minimum absolute atomic E-state index is 0.141. The van der Waals surface area contributed by atoms with Crippen molar-refractivity contribution in [3.05, 3.63) is 41.1 Å². The van der Waals surface area contributed by atoms with E-state index in [1.807, 2.05) is 0 Å². The Morgan fingerprint density at radius 3 is 2.88 bits per heavy atom. The van der Waals surface area contributed by atoms with Gasteiger partial charge in [-0.3, -0.25) is 0 Å². The number of hydrogen-bond acceptors (Lipinski definition) is 7. The molecule has 0 N–H and O–H groups in total. The zero-order valence-electron chi connectivity index (χ0n) is 12.1. The fourth-order valence-corrected chi connectivity index (χ4v) is 2.84. The summed E-state index contributed by atoms with van der Waals surface area (Å²) in [7, 11) is 1.26. The summed E-state index contributed by atoms with van der Waals surface area (Å²) < 4.78 is 47.9. The zero-order chi connectivity index (χ0) is 17.3. The maximum Gasteiger partial charge on any atom is 0.471 e. The molecule has 0 amide bonds. The van der Waals surface area contributed by atoms with Crippen LogP contribution in [-0.2, 0) is 17.5 Å². The summed E-state index contributed by atoms with van der Waals surface area (Å²) >= 11 is 1.18. The number of rotatable bonds is 4. The third-order valence-corrected chi connectivity index (χ3v) is 4.05.